The Morgan fingerprint density at radius 1 is 1.12 bits per heavy atom. The highest BCUT2D eigenvalue weighted by atomic mass is 79.9. The zero-order valence-corrected chi connectivity index (χ0v) is 16.1. The van der Waals surface area contributed by atoms with Gasteiger partial charge in [0.25, 0.3) is 11.6 Å². The molecule has 6 nitrogen and oxygen atoms in total. The molecule has 0 aromatic heterocycles. The number of carbonyl (C=O) groups is 1. The molecule has 0 saturated carbocycles. The Hall–Kier alpha value is -1.54. The number of benzene rings is 2. The van der Waals surface area contributed by atoms with Crippen LogP contribution in [0.1, 0.15) is 10.4 Å². The van der Waals surface area contributed by atoms with Gasteiger partial charge in [-0.2, -0.15) is 0 Å². The van der Waals surface area contributed by atoms with E-state index in [2.05, 4.69) is 21.2 Å². The molecular formula is C15H10BrCl3N2O4. The molecule has 25 heavy (non-hydrogen) atoms. The van der Waals surface area contributed by atoms with Crippen molar-refractivity contribution in [3.63, 3.8) is 0 Å². The quantitative estimate of drug-likeness (QED) is 0.294. The molecule has 0 saturated heterocycles. The van der Waals surface area contributed by atoms with E-state index in [1.807, 2.05) is 0 Å². The number of carbonyl (C=O) groups excluding carboxylic acids is 1. The van der Waals surface area contributed by atoms with E-state index in [0.717, 1.165) is 4.47 Å². The van der Waals surface area contributed by atoms with Gasteiger partial charge >= 0.3 is 0 Å². The molecule has 10 heteroatoms. The number of halogens is 4. The first-order valence-electron chi connectivity index (χ1n) is 6.71. The predicted octanol–water partition coefficient (Wildman–Crippen LogP) is 4.86. The summed E-state index contributed by atoms with van der Waals surface area (Å²) >= 11 is 20.9. The third-order valence-electron chi connectivity index (χ3n) is 2.97. The van der Waals surface area contributed by atoms with Crippen molar-refractivity contribution in [1.82, 2.24) is 5.32 Å². The van der Waals surface area contributed by atoms with Gasteiger partial charge in [0.1, 0.15) is 5.75 Å². The minimum atomic E-state index is -1.94. The van der Waals surface area contributed by atoms with Crippen LogP contribution >= 0.6 is 50.7 Å². The maximum absolute atomic E-state index is 12.3. The summed E-state index contributed by atoms with van der Waals surface area (Å²) in [7, 11) is 0. The number of non-ortho nitro benzene ring substituents is 1. The average Bonchev–Trinajstić information content (AvgIpc) is 2.55. The van der Waals surface area contributed by atoms with Gasteiger partial charge in [0.2, 0.25) is 10.0 Å². The first-order chi connectivity index (χ1) is 11.7. The molecule has 0 aliphatic carbocycles. The Bertz CT molecular complexity index is 764. The number of nitrogens with zero attached hydrogens (tertiary/aromatic N) is 1. The molecule has 2 aromatic carbocycles. The van der Waals surface area contributed by atoms with Crippen LogP contribution in [-0.2, 0) is 0 Å². The van der Waals surface area contributed by atoms with Gasteiger partial charge in [-0.3, -0.25) is 14.9 Å². The topological polar surface area (TPSA) is 81.5 Å². The summed E-state index contributed by atoms with van der Waals surface area (Å²) in [5.41, 5.74) is 0.0184. The maximum Gasteiger partial charge on any atom is 0.269 e. The van der Waals surface area contributed by atoms with Crippen LogP contribution < -0.4 is 10.1 Å². The lowest BCUT2D eigenvalue weighted by Crippen LogP contribution is -2.47. The summed E-state index contributed by atoms with van der Waals surface area (Å²) in [4.78, 5) is 22.4. The molecule has 0 unspecified atom stereocenters. The predicted molar refractivity (Wildman–Crippen MR) is 99.4 cm³/mol. The van der Waals surface area contributed by atoms with E-state index in [-0.39, 0.29) is 11.3 Å². The smallest absolute Gasteiger partial charge is 0.269 e. The van der Waals surface area contributed by atoms with Gasteiger partial charge in [-0.25, -0.2) is 0 Å². The number of hydrogen-bond acceptors (Lipinski definition) is 4. The third kappa shape index (κ3) is 5.74. The summed E-state index contributed by atoms with van der Waals surface area (Å²) < 4.78 is 4.42. The summed E-state index contributed by atoms with van der Waals surface area (Å²) in [5.74, 6) is -0.230. The molecule has 2 aromatic rings. The Morgan fingerprint density at radius 2 is 1.68 bits per heavy atom. The average molecular weight is 469 g/mol. The van der Waals surface area contributed by atoms with E-state index in [0.29, 0.717) is 5.75 Å². The van der Waals surface area contributed by atoms with Gasteiger partial charge in [0.05, 0.1) is 4.92 Å². The molecule has 1 amide bonds. The molecule has 0 radical (unpaired) electrons. The van der Waals surface area contributed by atoms with Crippen LogP contribution in [0.2, 0.25) is 0 Å². The SMILES string of the molecule is O=C(N[C@@H](Oc1ccc(Br)cc1)C(Cl)(Cl)Cl)c1ccc([N+](=O)[O-])cc1. The number of amides is 1. The molecule has 0 aliphatic rings. The molecule has 0 aliphatic heterocycles. The number of nitro groups is 1. The fourth-order valence-electron chi connectivity index (χ4n) is 1.76. The van der Waals surface area contributed by atoms with Crippen molar-refractivity contribution in [3.8, 4) is 5.75 Å². The first kappa shape index (κ1) is 19.8. The molecule has 1 atom stereocenters. The minimum Gasteiger partial charge on any atom is -0.466 e. The second-order valence-electron chi connectivity index (χ2n) is 4.77. The van der Waals surface area contributed by atoms with Crippen LogP contribution in [0.3, 0.4) is 0 Å². The van der Waals surface area contributed by atoms with E-state index in [4.69, 9.17) is 39.5 Å². The van der Waals surface area contributed by atoms with Crippen molar-refractivity contribution in [2.24, 2.45) is 0 Å². The first-order valence-corrected chi connectivity index (χ1v) is 8.64. The largest absolute Gasteiger partial charge is 0.466 e. The van der Waals surface area contributed by atoms with E-state index in [9.17, 15) is 14.9 Å². The van der Waals surface area contributed by atoms with E-state index < -0.39 is 20.9 Å². The molecular weight excluding hydrogens is 458 g/mol. The van der Waals surface area contributed by atoms with Crippen LogP contribution in [0.4, 0.5) is 5.69 Å². The van der Waals surface area contributed by atoms with Crippen molar-refractivity contribution in [3.05, 3.63) is 68.7 Å². The summed E-state index contributed by atoms with van der Waals surface area (Å²) in [6, 6.07) is 11.7. The highest BCUT2D eigenvalue weighted by Crippen LogP contribution is 2.32. The molecule has 0 spiro atoms. The van der Waals surface area contributed by atoms with Crippen LogP contribution in [-0.4, -0.2) is 20.9 Å². The zero-order valence-electron chi connectivity index (χ0n) is 12.3. The molecule has 1 N–H and O–H groups in total. The normalized spacial score (nSPS) is 12.3. The van der Waals surface area contributed by atoms with Crippen LogP contribution in [0.5, 0.6) is 5.75 Å². The number of nitro benzene ring substituents is 1. The van der Waals surface area contributed by atoms with E-state index in [1.165, 1.54) is 24.3 Å². The molecule has 0 bridgehead atoms. The fourth-order valence-corrected chi connectivity index (χ4v) is 2.33. The van der Waals surface area contributed by atoms with Gasteiger partial charge in [-0.05, 0) is 36.4 Å². The number of rotatable bonds is 5. The van der Waals surface area contributed by atoms with Gasteiger partial charge in [-0.15, -0.1) is 0 Å². The molecule has 0 heterocycles. The van der Waals surface area contributed by atoms with Crippen LogP contribution in [0, 0.1) is 10.1 Å². The minimum absolute atomic E-state index is 0.138. The summed E-state index contributed by atoms with van der Waals surface area (Å²) in [6.07, 6.45) is -1.28. The number of alkyl halides is 3. The van der Waals surface area contributed by atoms with Crippen molar-refractivity contribution in [2.45, 2.75) is 10.0 Å². The number of hydrogen-bond donors (Lipinski definition) is 1. The lowest BCUT2D eigenvalue weighted by atomic mass is 10.2. The fraction of sp³-hybridized carbons (Fsp3) is 0.133. The maximum atomic E-state index is 12.3. The Morgan fingerprint density at radius 3 is 2.16 bits per heavy atom. The lowest BCUT2D eigenvalue weighted by molar-refractivity contribution is -0.384. The second kappa shape index (κ2) is 8.23. The lowest BCUT2D eigenvalue weighted by Gasteiger charge is -2.26. The van der Waals surface area contributed by atoms with E-state index >= 15 is 0 Å². The highest BCUT2D eigenvalue weighted by Gasteiger charge is 2.36. The number of ether oxygens (including phenoxy) is 1. The summed E-state index contributed by atoms with van der Waals surface area (Å²) in [5, 5.41) is 13.1. The summed E-state index contributed by atoms with van der Waals surface area (Å²) in [6.45, 7) is 0. The van der Waals surface area contributed by atoms with Crippen molar-refractivity contribution < 1.29 is 14.5 Å². The Labute approximate surface area is 166 Å². The molecule has 2 rings (SSSR count). The van der Waals surface area contributed by atoms with Crippen molar-refractivity contribution >= 4 is 62.3 Å². The Kier molecular flexibility index (Phi) is 6.51. The monoisotopic (exact) mass is 466 g/mol. The van der Waals surface area contributed by atoms with Gasteiger partial charge in [0.15, 0.2) is 0 Å². The zero-order chi connectivity index (χ0) is 18.6. The van der Waals surface area contributed by atoms with Gasteiger partial charge in [0, 0.05) is 22.2 Å². The van der Waals surface area contributed by atoms with Crippen molar-refractivity contribution in [2.75, 3.05) is 0 Å². The molecule has 132 valence electrons. The second-order valence-corrected chi connectivity index (χ2v) is 8.06. The molecule has 0 fully saturated rings. The van der Waals surface area contributed by atoms with Crippen LogP contribution in [0.15, 0.2) is 53.0 Å². The highest BCUT2D eigenvalue weighted by molar-refractivity contribution is 9.10. The van der Waals surface area contributed by atoms with Gasteiger partial charge < -0.3 is 10.1 Å². The van der Waals surface area contributed by atoms with Gasteiger partial charge in [-0.1, -0.05) is 50.7 Å². The van der Waals surface area contributed by atoms with Crippen molar-refractivity contribution in [1.29, 1.82) is 0 Å². The van der Waals surface area contributed by atoms with Crippen LogP contribution in [0.25, 0.3) is 0 Å². The number of nitrogens with one attached hydrogen (secondary N) is 1. The standard InChI is InChI=1S/C15H10BrCl3N2O4/c16-10-3-7-12(8-4-10)25-14(15(17,18)19)20-13(22)9-1-5-11(6-2-9)21(23)24/h1-8,14H,(H,20,22)/t14-/m0/s1. The Balaban J connectivity index is 2.14. The third-order valence-corrected chi connectivity index (χ3v) is 4.09. The van der Waals surface area contributed by atoms with E-state index in [1.54, 1.807) is 24.3 Å².